The van der Waals surface area contributed by atoms with Crippen LogP contribution >= 0.6 is 0 Å². The van der Waals surface area contributed by atoms with Crippen molar-refractivity contribution in [2.75, 3.05) is 11.9 Å². The van der Waals surface area contributed by atoms with E-state index in [0.717, 1.165) is 12.1 Å². The summed E-state index contributed by atoms with van der Waals surface area (Å²) in [6, 6.07) is 5.13. The van der Waals surface area contributed by atoms with Gasteiger partial charge in [-0.3, -0.25) is 0 Å². The van der Waals surface area contributed by atoms with Gasteiger partial charge < -0.3 is 10.4 Å². The van der Waals surface area contributed by atoms with Gasteiger partial charge in [-0.1, -0.05) is 0 Å². The van der Waals surface area contributed by atoms with Crippen LogP contribution in [0, 0.1) is 0 Å². The Morgan fingerprint density at radius 3 is 2.21 bits per heavy atom. The van der Waals surface area contributed by atoms with Crippen LogP contribution in [0.25, 0.3) is 0 Å². The van der Waals surface area contributed by atoms with E-state index in [1.165, 1.54) is 12.1 Å². The molecule has 0 bridgehead atoms. The van der Waals surface area contributed by atoms with Crippen LogP contribution < -0.4 is 5.32 Å². The smallest absolute Gasteiger partial charge is 0.341 e. The van der Waals surface area contributed by atoms with Crippen LogP contribution in [0.4, 0.5) is 14.5 Å². The zero-order chi connectivity index (χ0) is 14.7. The molecule has 0 unspecified atom stereocenters. The maximum atomic E-state index is 12.3. The second-order valence-corrected chi connectivity index (χ2v) is 6.73. The van der Waals surface area contributed by atoms with Gasteiger partial charge in [-0.15, -0.1) is 0 Å². The molecule has 0 aliphatic carbocycles. The number of sulfone groups is 1. The first-order chi connectivity index (χ1) is 8.69. The molecule has 4 nitrogen and oxygen atoms in total. The van der Waals surface area contributed by atoms with Gasteiger partial charge in [-0.25, -0.2) is 8.42 Å². The molecular weight excluding hydrogens is 276 g/mol. The molecule has 0 fully saturated rings. The molecule has 1 rings (SSSR count). The van der Waals surface area contributed by atoms with Gasteiger partial charge in [-0.2, -0.15) is 8.78 Å². The summed E-state index contributed by atoms with van der Waals surface area (Å²) >= 11 is 0. The number of hydrogen-bond acceptors (Lipinski definition) is 4. The number of anilines is 1. The van der Waals surface area contributed by atoms with Gasteiger partial charge >= 0.3 is 5.76 Å². The van der Waals surface area contributed by atoms with E-state index in [1.54, 1.807) is 0 Å². The van der Waals surface area contributed by atoms with E-state index < -0.39 is 20.5 Å². The van der Waals surface area contributed by atoms with Crippen molar-refractivity contribution < 1.29 is 22.3 Å². The Bertz CT molecular complexity index is 512. The van der Waals surface area contributed by atoms with Gasteiger partial charge in [0.15, 0.2) is 0 Å². The van der Waals surface area contributed by atoms with Gasteiger partial charge in [0.05, 0.1) is 4.90 Å². The lowest BCUT2D eigenvalue weighted by Gasteiger charge is -2.26. The van der Waals surface area contributed by atoms with Crippen LogP contribution in [0.3, 0.4) is 0 Å². The highest BCUT2D eigenvalue weighted by atomic mass is 32.2. The topological polar surface area (TPSA) is 66.4 Å². The molecule has 7 heteroatoms. The first kappa shape index (κ1) is 15.8. The molecule has 0 saturated heterocycles. The maximum Gasteiger partial charge on any atom is 0.341 e. The summed E-state index contributed by atoms with van der Waals surface area (Å²) in [7, 11) is -4.55. The summed E-state index contributed by atoms with van der Waals surface area (Å²) in [6.45, 7) is 3.75. The number of aliphatic hydroxyl groups is 1. The molecule has 1 aromatic carbocycles. The summed E-state index contributed by atoms with van der Waals surface area (Å²) in [4.78, 5) is -0.409. The van der Waals surface area contributed by atoms with Crippen molar-refractivity contribution in [3.05, 3.63) is 24.3 Å². The lowest BCUT2D eigenvalue weighted by molar-refractivity contribution is 0.234. The molecule has 0 atom stereocenters. The minimum Gasteiger partial charge on any atom is -0.396 e. The molecule has 19 heavy (non-hydrogen) atoms. The fraction of sp³-hybridized carbons (Fsp3) is 0.500. The van der Waals surface area contributed by atoms with Crippen molar-refractivity contribution in [3.63, 3.8) is 0 Å². The van der Waals surface area contributed by atoms with Gasteiger partial charge in [0.25, 0.3) is 0 Å². The van der Waals surface area contributed by atoms with Crippen LogP contribution in [-0.2, 0) is 9.84 Å². The zero-order valence-corrected chi connectivity index (χ0v) is 11.5. The van der Waals surface area contributed by atoms with Crippen molar-refractivity contribution >= 4 is 15.5 Å². The number of benzene rings is 1. The second kappa shape index (κ2) is 5.83. The fourth-order valence-electron chi connectivity index (χ4n) is 1.56. The van der Waals surface area contributed by atoms with E-state index >= 15 is 0 Å². The summed E-state index contributed by atoms with van der Waals surface area (Å²) in [5.41, 5.74) is 0.226. The van der Waals surface area contributed by atoms with E-state index in [0.29, 0.717) is 12.1 Å². The first-order valence-electron chi connectivity index (χ1n) is 5.70. The number of aliphatic hydroxyl groups excluding tert-OH is 1. The van der Waals surface area contributed by atoms with Gasteiger partial charge in [0.2, 0.25) is 9.84 Å². The van der Waals surface area contributed by atoms with Crippen LogP contribution in [0.2, 0.25) is 0 Å². The van der Waals surface area contributed by atoms with Crippen molar-refractivity contribution in [1.82, 2.24) is 0 Å². The van der Waals surface area contributed by atoms with E-state index in [1.807, 2.05) is 13.8 Å². The van der Waals surface area contributed by atoms with E-state index in [2.05, 4.69) is 5.32 Å². The summed E-state index contributed by atoms with van der Waals surface area (Å²) in [5.74, 6) is -3.42. The predicted octanol–water partition coefficient (Wildman–Crippen LogP) is 2.26. The summed E-state index contributed by atoms with van der Waals surface area (Å²) in [5, 5.41) is 12.0. The molecule has 0 aliphatic heterocycles. The van der Waals surface area contributed by atoms with Gasteiger partial charge in [0, 0.05) is 17.8 Å². The molecule has 0 spiro atoms. The Kier molecular flexibility index (Phi) is 4.86. The van der Waals surface area contributed by atoms with E-state index in [4.69, 9.17) is 5.11 Å². The van der Waals surface area contributed by atoms with Crippen LogP contribution in [0.15, 0.2) is 29.2 Å². The van der Waals surface area contributed by atoms with E-state index in [9.17, 15) is 17.2 Å². The molecule has 0 saturated carbocycles. The quantitative estimate of drug-likeness (QED) is 0.844. The molecule has 108 valence electrons. The van der Waals surface area contributed by atoms with Crippen molar-refractivity contribution in [2.24, 2.45) is 0 Å². The number of alkyl halides is 2. The number of rotatable bonds is 6. The predicted molar refractivity (Wildman–Crippen MR) is 69.0 cm³/mol. The largest absolute Gasteiger partial charge is 0.396 e. The average Bonchev–Trinajstić information content (AvgIpc) is 2.28. The minimum absolute atomic E-state index is 0.0118. The van der Waals surface area contributed by atoms with E-state index in [-0.39, 0.29) is 12.1 Å². The molecule has 0 aromatic heterocycles. The number of nitrogens with one attached hydrogen (secondary N) is 1. The standard InChI is InChI=1S/C12H17F2NO3S/c1-12(2,7-8-16)15-9-3-5-10(6-4-9)19(17,18)11(13)14/h3-6,11,15-16H,7-8H2,1-2H3. The van der Waals surface area contributed by atoms with Gasteiger partial charge in [0.1, 0.15) is 0 Å². The fourth-order valence-corrected chi connectivity index (χ4v) is 2.28. The molecule has 0 heterocycles. The summed E-state index contributed by atoms with van der Waals surface area (Å²) in [6.07, 6.45) is 0.504. The van der Waals surface area contributed by atoms with Gasteiger partial charge in [-0.05, 0) is 44.5 Å². The molecule has 1 aromatic rings. The molecule has 0 amide bonds. The number of halogens is 2. The molecular formula is C12H17F2NO3S. The highest BCUT2D eigenvalue weighted by Gasteiger charge is 2.26. The lowest BCUT2D eigenvalue weighted by Crippen LogP contribution is -2.31. The Morgan fingerprint density at radius 1 is 1.26 bits per heavy atom. The van der Waals surface area contributed by atoms with Crippen molar-refractivity contribution in [3.8, 4) is 0 Å². The lowest BCUT2D eigenvalue weighted by atomic mass is 10.0. The number of hydrogen-bond donors (Lipinski definition) is 2. The SMILES string of the molecule is CC(C)(CCO)Nc1ccc(S(=O)(=O)C(F)F)cc1. The Morgan fingerprint density at radius 2 is 1.79 bits per heavy atom. The monoisotopic (exact) mass is 293 g/mol. The highest BCUT2D eigenvalue weighted by molar-refractivity contribution is 7.91. The minimum atomic E-state index is -4.55. The summed E-state index contributed by atoms with van der Waals surface area (Å²) < 4.78 is 47.1. The van der Waals surface area contributed by atoms with Crippen molar-refractivity contribution in [1.29, 1.82) is 0 Å². The Labute approximate surface area is 111 Å². The van der Waals surface area contributed by atoms with Crippen molar-refractivity contribution in [2.45, 2.75) is 36.5 Å². The third kappa shape index (κ3) is 4.14. The van der Waals surface area contributed by atoms with Crippen LogP contribution in [0.5, 0.6) is 0 Å². The second-order valence-electron chi connectivity index (χ2n) is 4.81. The normalized spacial score (nSPS) is 12.7. The third-order valence-corrected chi connectivity index (χ3v) is 4.04. The Hall–Kier alpha value is -1.21. The third-order valence-electron chi connectivity index (χ3n) is 2.64. The highest BCUT2D eigenvalue weighted by Crippen LogP contribution is 2.22. The maximum absolute atomic E-state index is 12.3. The van der Waals surface area contributed by atoms with Crippen LogP contribution in [0.1, 0.15) is 20.3 Å². The van der Waals surface area contributed by atoms with Crippen LogP contribution in [-0.4, -0.2) is 31.4 Å². The first-order valence-corrected chi connectivity index (χ1v) is 7.25. The Balaban J connectivity index is 2.89. The molecule has 0 aliphatic rings. The average molecular weight is 293 g/mol. The molecule has 0 radical (unpaired) electrons. The zero-order valence-electron chi connectivity index (χ0n) is 10.7. The molecule has 2 N–H and O–H groups in total.